The SMILES string of the molecule is Cc1ccc(S(=O)(=O)NCCNC(=O)c2ccc(C)c(C)c2)c(C)c1. The van der Waals surface area contributed by atoms with E-state index in [0.717, 1.165) is 16.7 Å². The van der Waals surface area contributed by atoms with Crippen molar-refractivity contribution in [3.05, 3.63) is 64.2 Å². The van der Waals surface area contributed by atoms with Crippen LogP contribution in [0.1, 0.15) is 32.6 Å². The van der Waals surface area contributed by atoms with Crippen molar-refractivity contribution in [1.29, 1.82) is 0 Å². The normalized spacial score (nSPS) is 11.4. The van der Waals surface area contributed by atoms with E-state index in [1.165, 1.54) is 0 Å². The average molecular weight is 360 g/mol. The summed E-state index contributed by atoms with van der Waals surface area (Å²) < 4.78 is 27.2. The molecular weight excluding hydrogens is 336 g/mol. The molecule has 134 valence electrons. The van der Waals surface area contributed by atoms with Crippen LogP contribution in [0.2, 0.25) is 0 Å². The molecule has 0 unspecified atom stereocenters. The maximum absolute atomic E-state index is 12.3. The third kappa shape index (κ3) is 4.90. The molecule has 0 aliphatic carbocycles. The van der Waals surface area contributed by atoms with Crippen LogP contribution >= 0.6 is 0 Å². The number of aryl methyl sites for hydroxylation is 4. The van der Waals surface area contributed by atoms with E-state index < -0.39 is 10.0 Å². The van der Waals surface area contributed by atoms with Crippen LogP contribution < -0.4 is 10.0 Å². The number of sulfonamides is 1. The van der Waals surface area contributed by atoms with E-state index in [4.69, 9.17) is 0 Å². The molecule has 0 atom stereocenters. The van der Waals surface area contributed by atoms with Gasteiger partial charge in [-0.2, -0.15) is 0 Å². The third-order valence-corrected chi connectivity index (χ3v) is 5.71. The molecule has 25 heavy (non-hydrogen) atoms. The lowest BCUT2D eigenvalue weighted by Gasteiger charge is -2.11. The topological polar surface area (TPSA) is 75.3 Å². The Balaban J connectivity index is 1.91. The van der Waals surface area contributed by atoms with Crippen LogP contribution in [-0.4, -0.2) is 27.4 Å². The van der Waals surface area contributed by atoms with E-state index in [1.54, 1.807) is 25.1 Å². The Hall–Kier alpha value is -2.18. The van der Waals surface area contributed by atoms with E-state index in [9.17, 15) is 13.2 Å². The molecule has 2 N–H and O–H groups in total. The minimum absolute atomic E-state index is 0.131. The summed E-state index contributed by atoms with van der Waals surface area (Å²) in [6.07, 6.45) is 0. The van der Waals surface area contributed by atoms with Crippen molar-refractivity contribution in [2.24, 2.45) is 0 Å². The van der Waals surface area contributed by atoms with Gasteiger partial charge >= 0.3 is 0 Å². The second kappa shape index (κ2) is 7.80. The van der Waals surface area contributed by atoms with E-state index in [2.05, 4.69) is 10.0 Å². The minimum atomic E-state index is -3.58. The molecule has 2 aromatic carbocycles. The van der Waals surface area contributed by atoms with Crippen LogP contribution in [0, 0.1) is 27.7 Å². The van der Waals surface area contributed by atoms with E-state index in [1.807, 2.05) is 39.0 Å². The van der Waals surface area contributed by atoms with Gasteiger partial charge in [0.2, 0.25) is 10.0 Å². The van der Waals surface area contributed by atoms with E-state index in [0.29, 0.717) is 11.1 Å². The molecule has 0 saturated heterocycles. The first kappa shape index (κ1) is 19.1. The fourth-order valence-electron chi connectivity index (χ4n) is 2.52. The zero-order valence-corrected chi connectivity index (χ0v) is 15.8. The maximum Gasteiger partial charge on any atom is 0.251 e. The molecule has 0 bridgehead atoms. The Morgan fingerprint density at radius 1 is 0.880 bits per heavy atom. The average Bonchev–Trinajstić information content (AvgIpc) is 2.53. The smallest absolute Gasteiger partial charge is 0.251 e. The van der Waals surface area contributed by atoms with Crippen LogP contribution in [0.25, 0.3) is 0 Å². The summed E-state index contributed by atoms with van der Waals surface area (Å²) in [5.41, 5.74) is 4.45. The predicted octanol–water partition coefficient (Wildman–Crippen LogP) is 2.63. The number of carbonyl (C=O) groups is 1. The number of amides is 1. The van der Waals surface area contributed by atoms with Crippen molar-refractivity contribution in [1.82, 2.24) is 10.0 Å². The number of carbonyl (C=O) groups excluding carboxylic acids is 1. The van der Waals surface area contributed by atoms with Gasteiger partial charge in [0.25, 0.3) is 5.91 Å². The molecule has 0 fully saturated rings. The third-order valence-electron chi connectivity index (χ3n) is 4.09. The van der Waals surface area contributed by atoms with Gasteiger partial charge in [-0.15, -0.1) is 0 Å². The van der Waals surface area contributed by atoms with E-state index >= 15 is 0 Å². The highest BCUT2D eigenvalue weighted by atomic mass is 32.2. The molecule has 0 aliphatic rings. The Morgan fingerprint density at radius 2 is 1.60 bits per heavy atom. The van der Waals surface area contributed by atoms with Gasteiger partial charge in [0.05, 0.1) is 4.90 Å². The Bertz CT molecular complexity index is 890. The zero-order chi connectivity index (χ0) is 18.6. The van der Waals surface area contributed by atoms with Crippen molar-refractivity contribution in [3.63, 3.8) is 0 Å². The van der Waals surface area contributed by atoms with Gasteiger partial charge in [-0.05, 0) is 62.6 Å². The lowest BCUT2D eigenvalue weighted by molar-refractivity contribution is 0.0954. The van der Waals surface area contributed by atoms with Crippen molar-refractivity contribution in [3.8, 4) is 0 Å². The highest BCUT2D eigenvalue weighted by molar-refractivity contribution is 7.89. The first-order valence-electron chi connectivity index (χ1n) is 8.13. The van der Waals surface area contributed by atoms with Crippen molar-refractivity contribution < 1.29 is 13.2 Å². The zero-order valence-electron chi connectivity index (χ0n) is 15.0. The largest absolute Gasteiger partial charge is 0.351 e. The molecule has 0 radical (unpaired) electrons. The Kier molecular flexibility index (Phi) is 5.98. The maximum atomic E-state index is 12.3. The van der Waals surface area contributed by atoms with Crippen LogP contribution in [0.3, 0.4) is 0 Å². The quantitative estimate of drug-likeness (QED) is 0.778. The highest BCUT2D eigenvalue weighted by Crippen LogP contribution is 2.16. The number of rotatable bonds is 6. The molecule has 5 nitrogen and oxygen atoms in total. The van der Waals surface area contributed by atoms with Gasteiger partial charge in [0.15, 0.2) is 0 Å². The lowest BCUT2D eigenvalue weighted by Crippen LogP contribution is -2.35. The van der Waals surface area contributed by atoms with Crippen molar-refractivity contribution >= 4 is 15.9 Å². The molecule has 6 heteroatoms. The van der Waals surface area contributed by atoms with Gasteiger partial charge in [0.1, 0.15) is 0 Å². The molecule has 0 aromatic heterocycles. The van der Waals surface area contributed by atoms with Gasteiger partial charge in [-0.1, -0.05) is 23.8 Å². The summed E-state index contributed by atoms with van der Waals surface area (Å²) in [4.78, 5) is 12.4. The predicted molar refractivity (Wildman–Crippen MR) is 99.4 cm³/mol. The second-order valence-corrected chi connectivity index (χ2v) is 7.96. The molecule has 0 heterocycles. The van der Waals surface area contributed by atoms with Crippen molar-refractivity contribution in [2.75, 3.05) is 13.1 Å². The van der Waals surface area contributed by atoms with Crippen LogP contribution in [0.4, 0.5) is 0 Å². The number of benzene rings is 2. The fraction of sp³-hybridized carbons (Fsp3) is 0.316. The van der Waals surface area contributed by atoms with Gasteiger partial charge < -0.3 is 5.32 Å². The lowest BCUT2D eigenvalue weighted by atomic mass is 10.1. The first-order chi connectivity index (χ1) is 11.7. The molecule has 2 aromatic rings. The first-order valence-corrected chi connectivity index (χ1v) is 9.61. The minimum Gasteiger partial charge on any atom is -0.351 e. The highest BCUT2D eigenvalue weighted by Gasteiger charge is 2.16. The van der Waals surface area contributed by atoms with Gasteiger partial charge in [-0.3, -0.25) is 4.79 Å². The number of hydrogen-bond donors (Lipinski definition) is 2. The number of nitrogens with one attached hydrogen (secondary N) is 2. The molecule has 0 saturated carbocycles. The molecule has 0 spiro atoms. The van der Waals surface area contributed by atoms with E-state index in [-0.39, 0.29) is 23.9 Å². The molecule has 2 rings (SSSR count). The summed E-state index contributed by atoms with van der Waals surface area (Å²) in [7, 11) is -3.58. The fourth-order valence-corrected chi connectivity index (χ4v) is 3.78. The standard InChI is InChI=1S/C19H24N2O3S/c1-13-5-8-18(16(4)11-13)25(23,24)21-10-9-20-19(22)17-7-6-14(2)15(3)12-17/h5-8,11-12,21H,9-10H2,1-4H3,(H,20,22). The molecule has 1 amide bonds. The summed E-state index contributed by atoms with van der Waals surface area (Å²) in [5.74, 6) is -0.214. The van der Waals surface area contributed by atoms with Gasteiger partial charge in [-0.25, -0.2) is 13.1 Å². The van der Waals surface area contributed by atoms with Crippen molar-refractivity contribution in [2.45, 2.75) is 32.6 Å². The number of hydrogen-bond acceptors (Lipinski definition) is 3. The summed E-state index contributed by atoms with van der Waals surface area (Å²) in [6, 6.07) is 10.7. The summed E-state index contributed by atoms with van der Waals surface area (Å²) in [6.45, 7) is 7.97. The van der Waals surface area contributed by atoms with Crippen LogP contribution in [-0.2, 0) is 10.0 Å². The summed E-state index contributed by atoms with van der Waals surface area (Å²) >= 11 is 0. The summed E-state index contributed by atoms with van der Waals surface area (Å²) in [5, 5.41) is 2.73. The monoisotopic (exact) mass is 360 g/mol. The van der Waals surface area contributed by atoms with Crippen LogP contribution in [0.5, 0.6) is 0 Å². The van der Waals surface area contributed by atoms with Crippen LogP contribution in [0.15, 0.2) is 41.3 Å². The molecular formula is C19H24N2O3S. The van der Waals surface area contributed by atoms with Gasteiger partial charge in [0, 0.05) is 18.7 Å². The second-order valence-electron chi connectivity index (χ2n) is 6.22. The Labute approximate surface area is 149 Å². The Morgan fingerprint density at radius 3 is 2.24 bits per heavy atom. The molecule has 0 aliphatic heterocycles.